The minimum atomic E-state index is -0.370. The fourth-order valence-corrected chi connectivity index (χ4v) is 4.14. The molecule has 2 aromatic rings. The number of nitro groups is 1. The molecule has 154 valence electrons. The van der Waals surface area contributed by atoms with Crippen molar-refractivity contribution in [1.29, 1.82) is 0 Å². The molecule has 4 rings (SSSR count). The number of fused-ring (bicyclic) bond motifs is 1. The molecule has 2 aromatic carbocycles. The molecule has 0 unspecified atom stereocenters. The van der Waals surface area contributed by atoms with Crippen molar-refractivity contribution in [1.82, 2.24) is 9.80 Å². The first kappa shape index (κ1) is 20.4. The molecule has 0 spiro atoms. The van der Waals surface area contributed by atoms with Crippen LogP contribution in [0.5, 0.6) is 5.75 Å². The molecule has 0 atom stereocenters. The minimum Gasteiger partial charge on any atom is -0.467 e. The molecular formula is C20H21Cl2N3O4. The zero-order valence-electron chi connectivity index (χ0n) is 15.8. The van der Waals surface area contributed by atoms with Gasteiger partial charge in [0.1, 0.15) is 5.75 Å². The summed E-state index contributed by atoms with van der Waals surface area (Å²) in [5, 5.41) is 12.5. The highest BCUT2D eigenvalue weighted by atomic mass is 35.5. The van der Waals surface area contributed by atoms with Crippen molar-refractivity contribution >= 4 is 28.9 Å². The first-order chi connectivity index (χ1) is 14.0. The van der Waals surface area contributed by atoms with Crippen molar-refractivity contribution in [2.24, 2.45) is 0 Å². The molecule has 0 radical (unpaired) electrons. The lowest BCUT2D eigenvalue weighted by Crippen LogP contribution is -2.45. The van der Waals surface area contributed by atoms with Crippen LogP contribution >= 0.6 is 23.2 Å². The summed E-state index contributed by atoms with van der Waals surface area (Å²) in [5.41, 5.74) is 2.66. The second-order valence-electron chi connectivity index (χ2n) is 7.23. The molecule has 0 saturated carbocycles. The Morgan fingerprint density at radius 2 is 1.72 bits per heavy atom. The lowest BCUT2D eigenvalue weighted by Gasteiger charge is -2.35. The van der Waals surface area contributed by atoms with Gasteiger partial charge in [0.15, 0.2) is 6.79 Å². The topological polar surface area (TPSA) is 68.1 Å². The number of nitrogens with zero attached hydrogens (tertiary/aromatic N) is 3. The van der Waals surface area contributed by atoms with Crippen LogP contribution in [0.25, 0.3) is 0 Å². The van der Waals surface area contributed by atoms with Crippen molar-refractivity contribution < 1.29 is 14.4 Å². The van der Waals surface area contributed by atoms with Crippen LogP contribution in [0.3, 0.4) is 0 Å². The third kappa shape index (κ3) is 4.65. The van der Waals surface area contributed by atoms with E-state index in [1.165, 1.54) is 6.07 Å². The number of hydrogen-bond donors (Lipinski definition) is 0. The van der Waals surface area contributed by atoms with E-state index in [-0.39, 0.29) is 17.4 Å². The largest absolute Gasteiger partial charge is 0.467 e. The van der Waals surface area contributed by atoms with Gasteiger partial charge in [0.2, 0.25) is 0 Å². The summed E-state index contributed by atoms with van der Waals surface area (Å²) in [6, 6.07) is 8.84. The third-order valence-corrected chi connectivity index (χ3v) is 6.12. The molecule has 29 heavy (non-hydrogen) atoms. The molecule has 0 N–H and O–H groups in total. The third-order valence-electron chi connectivity index (χ3n) is 5.27. The highest BCUT2D eigenvalue weighted by molar-refractivity contribution is 6.42. The Kier molecular flexibility index (Phi) is 6.22. The number of piperazine rings is 1. The van der Waals surface area contributed by atoms with E-state index in [0.29, 0.717) is 23.2 Å². The second kappa shape index (κ2) is 8.85. The molecule has 7 nitrogen and oxygen atoms in total. The fourth-order valence-electron chi connectivity index (χ4n) is 3.76. The van der Waals surface area contributed by atoms with E-state index in [0.717, 1.165) is 55.2 Å². The molecule has 0 amide bonds. The van der Waals surface area contributed by atoms with Crippen LogP contribution in [-0.4, -0.2) is 47.7 Å². The van der Waals surface area contributed by atoms with Crippen LogP contribution in [0.1, 0.15) is 16.7 Å². The molecule has 2 heterocycles. The molecule has 1 saturated heterocycles. The standard InChI is InChI=1S/C20H21Cl2N3O4/c21-18-3-1-2-14(19(18)22)10-23-4-6-24(7-5-23)11-15-8-17(25(26)27)9-16-12-28-13-29-20(15)16/h1-3,8-9H,4-7,10-13H2. The normalized spacial score (nSPS) is 17.6. The monoisotopic (exact) mass is 437 g/mol. The van der Waals surface area contributed by atoms with Crippen molar-refractivity contribution in [3.63, 3.8) is 0 Å². The summed E-state index contributed by atoms with van der Waals surface area (Å²) in [5.74, 6) is 0.718. The maximum Gasteiger partial charge on any atom is 0.270 e. The van der Waals surface area contributed by atoms with Gasteiger partial charge in [0.05, 0.1) is 21.6 Å². The molecule has 9 heteroatoms. The van der Waals surface area contributed by atoms with Gasteiger partial charge in [-0.3, -0.25) is 19.9 Å². The van der Waals surface area contributed by atoms with Crippen LogP contribution in [0.4, 0.5) is 5.69 Å². The highest BCUT2D eigenvalue weighted by Gasteiger charge is 2.24. The van der Waals surface area contributed by atoms with Crippen molar-refractivity contribution in [2.45, 2.75) is 19.7 Å². The molecule has 2 aliphatic rings. The molecule has 0 aliphatic carbocycles. The number of rotatable bonds is 5. The van der Waals surface area contributed by atoms with E-state index in [1.807, 2.05) is 12.1 Å². The van der Waals surface area contributed by atoms with Gasteiger partial charge in [-0.2, -0.15) is 0 Å². The smallest absolute Gasteiger partial charge is 0.270 e. The number of halogens is 2. The lowest BCUT2D eigenvalue weighted by molar-refractivity contribution is -0.385. The summed E-state index contributed by atoms with van der Waals surface area (Å²) in [6.45, 7) is 5.33. The van der Waals surface area contributed by atoms with E-state index < -0.39 is 0 Å². The Labute approximate surface area is 178 Å². The van der Waals surface area contributed by atoms with Gasteiger partial charge in [-0.15, -0.1) is 0 Å². The summed E-state index contributed by atoms with van der Waals surface area (Å²) in [6.07, 6.45) is 0. The van der Waals surface area contributed by atoms with Gasteiger partial charge < -0.3 is 9.47 Å². The van der Waals surface area contributed by atoms with Gasteiger partial charge in [-0.05, 0) is 11.6 Å². The fraction of sp³-hybridized carbons (Fsp3) is 0.400. The van der Waals surface area contributed by atoms with Crippen molar-refractivity contribution in [3.8, 4) is 5.75 Å². The molecule has 0 aromatic heterocycles. The predicted molar refractivity (Wildman–Crippen MR) is 110 cm³/mol. The Balaban J connectivity index is 1.41. The highest BCUT2D eigenvalue weighted by Crippen LogP contribution is 2.33. The van der Waals surface area contributed by atoms with Gasteiger partial charge in [-0.25, -0.2) is 0 Å². The number of nitro benzene ring substituents is 1. The van der Waals surface area contributed by atoms with E-state index in [9.17, 15) is 10.1 Å². The molecule has 0 bridgehead atoms. The van der Waals surface area contributed by atoms with Crippen LogP contribution in [0.15, 0.2) is 30.3 Å². The maximum atomic E-state index is 11.3. The zero-order valence-corrected chi connectivity index (χ0v) is 17.3. The molecular weight excluding hydrogens is 417 g/mol. The second-order valence-corrected chi connectivity index (χ2v) is 8.01. The number of benzene rings is 2. The summed E-state index contributed by atoms with van der Waals surface area (Å²) in [7, 11) is 0. The van der Waals surface area contributed by atoms with Gasteiger partial charge in [0, 0.05) is 62.5 Å². The molecule has 2 aliphatic heterocycles. The van der Waals surface area contributed by atoms with E-state index >= 15 is 0 Å². The van der Waals surface area contributed by atoms with Crippen LogP contribution in [0, 0.1) is 10.1 Å². The summed E-state index contributed by atoms with van der Waals surface area (Å²) in [4.78, 5) is 15.5. The average molecular weight is 438 g/mol. The lowest BCUT2D eigenvalue weighted by atomic mass is 10.1. The van der Waals surface area contributed by atoms with Crippen LogP contribution in [-0.2, 0) is 24.4 Å². The Hall–Kier alpha value is -1.90. The van der Waals surface area contributed by atoms with Crippen LogP contribution in [0.2, 0.25) is 10.0 Å². The summed E-state index contributed by atoms with van der Waals surface area (Å²) >= 11 is 12.4. The zero-order chi connectivity index (χ0) is 20.4. The first-order valence-electron chi connectivity index (χ1n) is 9.39. The quantitative estimate of drug-likeness (QED) is 0.518. The Bertz CT molecular complexity index is 917. The first-order valence-corrected chi connectivity index (χ1v) is 10.1. The van der Waals surface area contributed by atoms with Crippen molar-refractivity contribution in [3.05, 3.63) is 67.2 Å². The van der Waals surface area contributed by atoms with E-state index in [2.05, 4.69) is 9.80 Å². The van der Waals surface area contributed by atoms with Gasteiger partial charge in [0.25, 0.3) is 5.69 Å². The van der Waals surface area contributed by atoms with Gasteiger partial charge in [-0.1, -0.05) is 35.3 Å². The average Bonchev–Trinajstić information content (AvgIpc) is 2.72. The summed E-state index contributed by atoms with van der Waals surface area (Å²) < 4.78 is 10.9. The van der Waals surface area contributed by atoms with Crippen LogP contribution < -0.4 is 4.74 Å². The minimum absolute atomic E-state index is 0.0714. The van der Waals surface area contributed by atoms with Gasteiger partial charge >= 0.3 is 0 Å². The van der Waals surface area contributed by atoms with E-state index in [1.54, 1.807) is 12.1 Å². The van der Waals surface area contributed by atoms with E-state index in [4.69, 9.17) is 32.7 Å². The number of ether oxygens (including phenoxy) is 2. The predicted octanol–water partition coefficient (Wildman–Crippen LogP) is 4.09. The maximum absolute atomic E-state index is 11.3. The number of non-ortho nitro benzene ring substituents is 1. The number of hydrogen-bond acceptors (Lipinski definition) is 6. The SMILES string of the molecule is O=[N+]([O-])c1cc2c(c(CN3CCN(Cc4cccc(Cl)c4Cl)CC3)c1)OCOC2. The molecule has 1 fully saturated rings. The van der Waals surface area contributed by atoms with Crippen molar-refractivity contribution in [2.75, 3.05) is 33.0 Å². The Morgan fingerprint density at radius 1 is 1.03 bits per heavy atom. The Morgan fingerprint density at radius 3 is 2.41 bits per heavy atom.